The van der Waals surface area contributed by atoms with Crippen LogP contribution < -0.4 is 64.1 Å². The van der Waals surface area contributed by atoms with E-state index in [-0.39, 0.29) is 150 Å². The molecule has 0 saturated heterocycles. The molecule has 25 nitrogen and oxygen atoms in total. The number of ether oxygens (including phenoxy) is 7. The van der Waals surface area contributed by atoms with Gasteiger partial charge in [0.25, 0.3) is 0 Å². The second-order valence-electron chi connectivity index (χ2n) is 32.0. The molecule has 0 aliphatic carbocycles. The van der Waals surface area contributed by atoms with Crippen LogP contribution in [0.3, 0.4) is 0 Å². The van der Waals surface area contributed by atoms with Crippen LogP contribution in [0.1, 0.15) is 203 Å². The Morgan fingerprint density at radius 1 is 0.448 bits per heavy atom. The molecule has 10 aromatic carbocycles. The minimum atomic E-state index is -1.40. The number of esters is 5. The number of halogens is 6. The number of furan rings is 4. The van der Waals surface area contributed by atoms with E-state index in [9.17, 15) is 34.2 Å². The summed E-state index contributed by atoms with van der Waals surface area (Å²) in [6.07, 6.45) is 5.44. The van der Waals surface area contributed by atoms with Crippen LogP contribution >= 0.6 is 125 Å². The van der Waals surface area contributed by atoms with Gasteiger partial charge in [0.1, 0.15) is 81.6 Å². The van der Waals surface area contributed by atoms with Gasteiger partial charge < -0.3 is 94.6 Å². The molecule has 0 atom stereocenters. The van der Waals surface area contributed by atoms with Crippen molar-refractivity contribution in [3.8, 4) is 46.5 Å². The number of nitrogens with two attached hydrogens (primary N) is 2. The van der Waals surface area contributed by atoms with E-state index in [1.807, 2.05) is 144 Å². The van der Waals surface area contributed by atoms with Crippen molar-refractivity contribution in [3.05, 3.63) is 303 Å². The number of aliphatic hydroxyl groups is 1. The predicted octanol–water partition coefficient (Wildman–Crippen LogP) is 17.7. The fourth-order valence-corrected chi connectivity index (χ4v) is 17.0. The first-order valence-electron chi connectivity index (χ1n) is 43.8. The monoisotopic (exact) mass is 2620 g/mol. The summed E-state index contributed by atoms with van der Waals surface area (Å²) in [5.41, 5.74) is 25.6. The van der Waals surface area contributed by atoms with Gasteiger partial charge in [0.2, 0.25) is 0 Å². The molecular weight excluding hydrogens is 2500 g/mol. The molecule has 14 aromatic rings. The van der Waals surface area contributed by atoms with Crippen LogP contribution in [0.25, 0.3) is 55.0 Å². The van der Waals surface area contributed by atoms with E-state index in [4.69, 9.17) is 83.0 Å². The Bertz CT molecular complexity index is 6360. The van der Waals surface area contributed by atoms with Crippen molar-refractivity contribution in [2.24, 2.45) is 17.4 Å². The molecule has 0 fully saturated rings. The minimum absolute atomic E-state index is 0. The number of rotatable bonds is 26. The average Bonchev–Trinajstić information content (AvgIpc) is 1.60. The molecular formula is C106H119B2ClCu2I5Li2N2O23. The van der Waals surface area contributed by atoms with Gasteiger partial charge in [-0.1, -0.05) is 166 Å². The number of benzene rings is 10. The van der Waals surface area contributed by atoms with E-state index in [0.717, 1.165) is 128 Å². The van der Waals surface area contributed by atoms with Crippen molar-refractivity contribution in [2.75, 3.05) is 34.0 Å². The fraction of sp³-hybridized carbons (Fsp3) is 0.292. The maximum absolute atomic E-state index is 12.0. The second-order valence-corrected chi connectivity index (χ2v) is 37.8. The molecule has 4 radical (unpaired) electrons. The van der Waals surface area contributed by atoms with Crippen LogP contribution in [-0.2, 0) is 127 Å². The number of hydrogen-bond donors (Lipinski definition) is 7. The predicted molar refractivity (Wildman–Crippen MR) is 590 cm³/mol. The number of aliphatic hydroxyl groups excluding tert-OH is 1. The van der Waals surface area contributed by atoms with Gasteiger partial charge in [-0.15, -0.1) is 24.8 Å². The van der Waals surface area contributed by atoms with E-state index in [2.05, 4.69) is 204 Å². The van der Waals surface area contributed by atoms with Crippen LogP contribution in [0.15, 0.2) is 224 Å². The third kappa shape index (κ3) is 43.6. The molecule has 763 valence electrons. The van der Waals surface area contributed by atoms with Crippen molar-refractivity contribution in [1.82, 2.24) is 0 Å². The number of carbonyl (C=O) groups excluding carboxylic acids is 5. The summed E-state index contributed by atoms with van der Waals surface area (Å²) >= 11 is 13.6. The molecule has 0 spiro atoms. The Morgan fingerprint density at radius 2 is 0.783 bits per heavy atom. The molecule has 4 aromatic heterocycles. The van der Waals surface area contributed by atoms with E-state index >= 15 is 0 Å². The molecule has 10 N–H and O–H groups in total. The molecule has 37 heteroatoms. The topological polar surface area (TPSA) is 403 Å². The van der Waals surface area contributed by atoms with Gasteiger partial charge in [-0.3, -0.25) is 14.4 Å². The fourth-order valence-electron chi connectivity index (χ4n) is 12.8. The van der Waals surface area contributed by atoms with Gasteiger partial charge >= 0.3 is 94.5 Å². The number of para-hydroxylation sites is 3. The van der Waals surface area contributed by atoms with E-state index in [1.54, 1.807) is 87.5 Å². The van der Waals surface area contributed by atoms with Gasteiger partial charge in [0.05, 0.1) is 88.9 Å². The Hall–Kier alpha value is -7.67. The second kappa shape index (κ2) is 70.3. The number of aromatic hydroxyl groups is 2. The van der Waals surface area contributed by atoms with Crippen molar-refractivity contribution in [3.63, 3.8) is 0 Å². The summed E-state index contributed by atoms with van der Waals surface area (Å²) in [5, 5.41) is 49.5. The zero-order valence-corrected chi connectivity index (χ0v) is 96.2. The quantitative estimate of drug-likeness (QED) is 0.00870. The molecule has 0 unspecified atom stereocenters. The third-order valence-electron chi connectivity index (χ3n) is 19.8. The van der Waals surface area contributed by atoms with Crippen LogP contribution in [-0.4, -0.2) is 110 Å². The molecule has 0 amide bonds. The van der Waals surface area contributed by atoms with E-state index in [1.165, 1.54) is 14.2 Å². The van der Waals surface area contributed by atoms with Crippen LogP contribution in [0, 0.1) is 36.1 Å². The summed E-state index contributed by atoms with van der Waals surface area (Å²) < 4.78 is 72.3. The number of carbonyl (C=O) groups is 5. The molecule has 4 heterocycles. The first-order chi connectivity index (χ1) is 65.4. The molecule has 0 bridgehead atoms. The summed E-state index contributed by atoms with van der Waals surface area (Å²) in [5.74, 6) is 8.34. The van der Waals surface area contributed by atoms with Crippen molar-refractivity contribution >= 4 is 220 Å². The SMILES string of the molecule is C#CC(C)C.CC(C)c1cc2cc(CO)cc(I)c2o1.CCOC(=O)Cc1ccccc1O.CCOC(=O)Cc1ccccc1OCc1cc(-c2cccc(CN)c2)c2oc(C(C)C)cc2c1.CCOC(=O)Cc1ccccc1OCc1cc(I)c2oc(C(C)C)cc2c1.COC(=O)c1cc(I)c(O)c(I)c1.COC(=O)c1cc(I)c2oc(C(C)C)cc2c1.Cl.NCc1cccc(B(O)O)c1.[B].[Cu].[H-].[Li+].[Li+].[OH-].[O]=[Cu]. The van der Waals surface area contributed by atoms with Gasteiger partial charge in [-0.2, -0.15) is 0 Å². The summed E-state index contributed by atoms with van der Waals surface area (Å²) in [4.78, 5) is 57.4. The molecule has 14 rings (SSSR count). The Kier molecular flexibility index (Phi) is 66.5. The molecule has 0 aliphatic heterocycles. The maximum atomic E-state index is 12.0. The van der Waals surface area contributed by atoms with Gasteiger partial charge in [0, 0.05) is 112 Å². The molecule has 143 heavy (non-hydrogen) atoms. The van der Waals surface area contributed by atoms with Crippen LogP contribution in [0.2, 0.25) is 0 Å². The summed E-state index contributed by atoms with van der Waals surface area (Å²) in [7, 11) is 1.31. The zero-order valence-electron chi connectivity index (χ0n) is 83.7. The average molecular weight is 2620 g/mol. The number of hydrogen-bond acceptors (Lipinski definition) is 25. The van der Waals surface area contributed by atoms with Gasteiger partial charge in [-0.25, -0.2) is 9.59 Å². The number of phenols is 2. The number of methoxy groups -OCH3 is 2. The first kappa shape index (κ1) is 135. The van der Waals surface area contributed by atoms with Crippen molar-refractivity contribution in [2.45, 2.75) is 166 Å². The van der Waals surface area contributed by atoms with Crippen LogP contribution in [0.5, 0.6) is 23.0 Å². The summed E-state index contributed by atoms with van der Waals surface area (Å²) in [6.45, 7) is 29.1. The van der Waals surface area contributed by atoms with Crippen LogP contribution in [0.4, 0.5) is 0 Å². The number of phenolic OH excluding ortho intramolecular Hbond substituents is 2. The van der Waals surface area contributed by atoms with E-state index < -0.39 is 13.1 Å². The standard InChI is InChI=1S/C29H31NO4.C22H23IO4.C13H13IO3.C12H13IO2.C10H12O3.C8H6I2O3.C7H10BNO2.C5H8.B.ClH.2Cu.2Li.H2O.O.H/c1-4-32-28(31)16-23-9-5-6-11-26(23)33-18-21-13-24-15-27(19(2)3)34-29(24)25(14-21)22-10-7-8-20(12-22)17-30;1-4-25-21(24)12-16-7-5-6-8-19(16)26-13-15-9-17-11-20(14(2)3)27-22(17)18(23)10-15;1-7(2)11-6-8-4-9(13(15)16-3)5-10(14)12(8)17-11;1-7(2)11-5-9-3-8(6-14)4-10(13)12(9)15-11;1-2-13-10(12)7-8-5-3-4-6-9(8)11;1-13-8(12)4-2-5(9)7(11)6(10)3-4;9-5-6-2-1-3-7(4-6)8(10)11;1-4-5(2)3;;;;;;;;;/h5-15,19H,4,16-18,30H2,1-3H3;5-11,14H,4,12-13H2,1-3H3;4-7H,1-3H3;3-5,7,14H,6H2,1-2H3;3-6,11H,2,7H2,1H3;2-3,11H,1H3;1-4,10-11H,5,9H2;1,5H,2-3H3;;1H;;;;;1H2;;/q;;;;;;;;;;;;2*+1;;;-1/p-1. The molecule has 0 aliphatic rings. The van der Waals surface area contributed by atoms with E-state index in [0.29, 0.717) is 111 Å². The molecule has 0 saturated carbocycles. The first-order valence-corrected chi connectivity index (χ1v) is 49.5. The summed E-state index contributed by atoms with van der Waals surface area (Å²) in [6, 6.07) is 64.3. The Labute approximate surface area is 957 Å². The number of fused-ring (bicyclic) bond motifs is 4. The normalized spacial score (nSPS) is 10.1. The third-order valence-corrected chi connectivity index (χ3v) is 23.9. The zero-order chi connectivity index (χ0) is 101. The van der Waals surface area contributed by atoms with Crippen molar-refractivity contribution < 1.29 is 182 Å². The number of terminal acetylenes is 1. The Balaban J connectivity index is 0. The Morgan fingerprint density at radius 3 is 1.17 bits per heavy atom. The van der Waals surface area contributed by atoms with Gasteiger partial charge in [-0.05, 0) is 282 Å². The van der Waals surface area contributed by atoms with Gasteiger partial charge in [0.15, 0.2) is 0 Å². The van der Waals surface area contributed by atoms with Crippen molar-refractivity contribution in [1.29, 1.82) is 0 Å².